The highest BCUT2D eigenvalue weighted by atomic mass is 19.1. The molecule has 10 heteroatoms. The Morgan fingerprint density at radius 2 is 1.83 bits per heavy atom. The number of piperazine rings is 1. The van der Waals surface area contributed by atoms with E-state index in [0.717, 1.165) is 12.1 Å². The van der Waals surface area contributed by atoms with Crippen LogP contribution in [0.15, 0.2) is 54.6 Å². The van der Waals surface area contributed by atoms with E-state index in [0.29, 0.717) is 48.1 Å². The van der Waals surface area contributed by atoms with Gasteiger partial charge in [0.05, 0.1) is 16.6 Å². The SMILES string of the molecule is [2H]C([2H])([2H])N1C([2H])([2H])C([2H])([2H])N(c2ccc(C(=O)Nc3n[nH]c4ccc(Cc5cc(F)cc(F)c5)cc34)c(NC3CCOCC3)c2)C([2H])([2H])C1([2H])[2H]. The first-order valence-corrected chi connectivity index (χ1v) is 13.0. The molecule has 3 heterocycles. The number of ether oxygens (including phenoxy) is 1. The van der Waals surface area contributed by atoms with E-state index in [2.05, 4.69) is 20.8 Å². The van der Waals surface area contributed by atoms with E-state index in [-0.39, 0.29) is 40.1 Å². The molecular weight excluding hydrogens is 526 g/mol. The molecule has 1 aromatic heterocycles. The number of likely N-dealkylation sites (N-methyl/N-ethyl adjacent to an activating group) is 1. The molecule has 6 rings (SSSR count). The van der Waals surface area contributed by atoms with Gasteiger partial charge in [-0.2, -0.15) is 5.10 Å². The van der Waals surface area contributed by atoms with Crippen molar-refractivity contribution in [2.45, 2.75) is 25.3 Å². The van der Waals surface area contributed by atoms with Crippen molar-refractivity contribution < 1.29 is 33.4 Å². The lowest BCUT2D eigenvalue weighted by molar-refractivity contribution is 0.0904. The molecule has 3 aromatic carbocycles. The van der Waals surface area contributed by atoms with E-state index in [1.165, 1.54) is 24.3 Å². The van der Waals surface area contributed by atoms with Gasteiger partial charge in [0.25, 0.3) is 5.91 Å². The van der Waals surface area contributed by atoms with Crippen LogP contribution in [0.2, 0.25) is 0 Å². The molecule has 2 aliphatic heterocycles. The van der Waals surface area contributed by atoms with Crippen molar-refractivity contribution in [3.63, 3.8) is 0 Å². The number of anilines is 3. The number of rotatable bonds is 7. The number of carbonyl (C=O) groups is 1. The molecule has 2 fully saturated rings. The minimum atomic E-state index is -3.58. The van der Waals surface area contributed by atoms with E-state index >= 15 is 0 Å². The van der Waals surface area contributed by atoms with Gasteiger partial charge in [-0.05, 0) is 79.8 Å². The summed E-state index contributed by atoms with van der Waals surface area (Å²) in [5.74, 6) is -2.02. The van der Waals surface area contributed by atoms with Gasteiger partial charge in [-0.1, -0.05) is 6.07 Å². The minimum absolute atomic E-state index is 0.00828. The van der Waals surface area contributed by atoms with Crippen molar-refractivity contribution >= 4 is 34.0 Å². The number of nitrogens with zero attached hydrogens (tertiary/aromatic N) is 3. The molecule has 4 aromatic rings. The Balaban J connectivity index is 1.37. The molecule has 0 unspecified atom stereocenters. The van der Waals surface area contributed by atoms with Crippen LogP contribution in [0.3, 0.4) is 0 Å². The van der Waals surface area contributed by atoms with Gasteiger partial charge < -0.3 is 25.2 Å². The third-order valence-electron chi connectivity index (χ3n) is 6.82. The molecule has 0 atom stereocenters. The van der Waals surface area contributed by atoms with Gasteiger partial charge in [0.15, 0.2) is 5.82 Å². The first kappa shape index (κ1) is 17.1. The first-order chi connectivity index (χ1) is 24.1. The number of aromatic nitrogens is 2. The van der Waals surface area contributed by atoms with Crippen LogP contribution in [0.4, 0.5) is 26.0 Å². The highest BCUT2D eigenvalue weighted by molar-refractivity contribution is 6.11. The van der Waals surface area contributed by atoms with E-state index < -0.39 is 55.4 Å². The van der Waals surface area contributed by atoms with Gasteiger partial charge >= 0.3 is 0 Å². The fourth-order valence-electron chi connectivity index (χ4n) is 4.83. The van der Waals surface area contributed by atoms with Crippen LogP contribution in [-0.2, 0) is 11.2 Å². The van der Waals surface area contributed by atoms with Gasteiger partial charge in [-0.25, -0.2) is 8.78 Å². The maximum absolute atomic E-state index is 13.9. The molecule has 0 bridgehead atoms. The summed E-state index contributed by atoms with van der Waals surface area (Å²) >= 11 is 0. The van der Waals surface area contributed by atoms with Crippen molar-refractivity contribution in [1.82, 2.24) is 15.1 Å². The lowest BCUT2D eigenvalue weighted by Crippen LogP contribution is -2.44. The van der Waals surface area contributed by atoms with Crippen molar-refractivity contribution in [3.05, 3.63) is 82.9 Å². The first-order valence-electron chi connectivity index (χ1n) is 18.5. The van der Waals surface area contributed by atoms with E-state index in [4.69, 9.17) is 19.8 Å². The summed E-state index contributed by atoms with van der Waals surface area (Å²) in [7, 11) is 0. The van der Waals surface area contributed by atoms with Crippen molar-refractivity contribution in [1.29, 1.82) is 0 Å². The average Bonchev–Trinajstić information content (AvgIpc) is 3.41. The summed E-state index contributed by atoms with van der Waals surface area (Å²) in [6.45, 7) is -16.9. The molecule has 0 radical (unpaired) electrons. The molecule has 2 saturated heterocycles. The number of carbonyl (C=O) groups excluding carboxylic acids is 1. The second-order valence-corrected chi connectivity index (χ2v) is 9.74. The Labute approximate surface area is 253 Å². The molecule has 3 N–H and O–H groups in total. The summed E-state index contributed by atoms with van der Waals surface area (Å²) in [6, 6.07) is 11.6. The summed E-state index contributed by atoms with van der Waals surface area (Å²) < 4.78 is 125. The topological polar surface area (TPSA) is 85.5 Å². The smallest absolute Gasteiger partial charge is 0.258 e. The molecule has 214 valence electrons. The highest BCUT2D eigenvalue weighted by Crippen LogP contribution is 2.29. The number of H-pyrrole nitrogens is 1. The molecule has 0 aliphatic carbocycles. The third-order valence-corrected chi connectivity index (χ3v) is 6.82. The zero-order valence-corrected chi connectivity index (χ0v) is 21.7. The van der Waals surface area contributed by atoms with Crippen LogP contribution in [0, 0.1) is 11.6 Å². The van der Waals surface area contributed by atoms with Crippen LogP contribution in [-0.4, -0.2) is 73.2 Å². The highest BCUT2D eigenvalue weighted by Gasteiger charge is 2.22. The zero-order chi connectivity index (χ0) is 38.0. The maximum Gasteiger partial charge on any atom is 0.258 e. The summed E-state index contributed by atoms with van der Waals surface area (Å²) in [6.07, 6.45) is 1.20. The van der Waals surface area contributed by atoms with E-state index in [1.54, 1.807) is 18.2 Å². The van der Waals surface area contributed by atoms with Crippen molar-refractivity contribution in [2.24, 2.45) is 0 Å². The van der Waals surface area contributed by atoms with Crippen LogP contribution >= 0.6 is 0 Å². The van der Waals surface area contributed by atoms with Crippen LogP contribution in [0.25, 0.3) is 10.9 Å². The number of hydrogen-bond donors (Lipinski definition) is 3. The quantitative estimate of drug-likeness (QED) is 0.289. The summed E-state index contributed by atoms with van der Waals surface area (Å²) in [4.78, 5) is 13.7. The predicted molar refractivity (Wildman–Crippen MR) is 157 cm³/mol. The van der Waals surface area contributed by atoms with Gasteiger partial charge in [0.1, 0.15) is 11.6 Å². The molecule has 2 aliphatic rings. The minimum Gasteiger partial charge on any atom is -0.381 e. The zero-order valence-electron chi connectivity index (χ0n) is 32.7. The molecule has 0 spiro atoms. The van der Waals surface area contributed by atoms with E-state index in [9.17, 15) is 13.6 Å². The average molecular weight is 572 g/mol. The lowest BCUT2D eigenvalue weighted by Gasteiger charge is -2.34. The number of fused-ring (bicyclic) bond motifs is 1. The molecular formula is C31H34F2N6O2. The summed E-state index contributed by atoms with van der Waals surface area (Å²) in [5.41, 5.74) is 1.30. The Morgan fingerprint density at radius 1 is 1.05 bits per heavy atom. The lowest BCUT2D eigenvalue weighted by atomic mass is 10.0. The third kappa shape index (κ3) is 6.34. The molecule has 8 nitrogen and oxygen atoms in total. The Bertz CT molecular complexity index is 1960. The van der Waals surface area contributed by atoms with Gasteiger partial charge in [-0.15, -0.1) is 0 Å². The maximum atomic E-state index is 13.9. The fraction of sp³-hybridized carbons (Fsp3) is 0.355. The van der Waals surface area contributed by atoms with Crippen LogP contribution in [0.1, 0.15) is 49.4 Å². The second-order valence-electron chi connectivity index (χ2n) is 9.74. The number of nitrogens with one attached hydrogen (secondary N) is 3. The van der Waals surface area contributed by atoms with E-state index in [1.807, 2.05) is 0 Å². The van der Waals surface area contributed by atoms with Gasteiger partial charge in [-0.3, -0.25) is 9.89 Å². The van der Waals surface area contributed by atoms with Crippen LogP contribution < -0.4 is 15.5 Å². The molecule has 41 heavy (non-hydrogen) atoms. The standard InChI is InChI=1S/C31H34F2N6O2/c1-38-8-10-39(11-9-38)25-3-4-26(29(19-25)34-24-6-12-41-13-7-24)31(40)35-30-27-17-20(2-5-28(27)36-37-30)14-21-15-22(32)18-23(33)16-21/h2-5,15-19,24,34H,6-14H2,1H3,(H2,35,36,37,40)/i1D3,8D2,9D2,10D2,11D2. The summed E-state index contributed by atoms with van der Waals surface area (Å²) in [5, 5.41) is 13.5. The monoisotopic (exact) mass is 571 g/mol. The van der Waals surface area contributed by atoms with Gasteiger partial charge in [0.2, 0.25) is 0 Å². The number of aromatic amines is 1. The Hall–Kier alpha value is -4.02. The van der Waals surface area contributed by atoms with Crippen molar-refractivity contribution in [3.8, 4) is 0 Å². The largest absolute Gasteiger partial charge is 0.381 e. The van der Waals surface area contributed by atoms with Crippen LogP contribution in [0.5, 0.6) is 0 Å². The molecule has 1 amide bonds. The second kappa shape index (κ2) is 11.8. The Kier molecular flexibility index (Phi) is 4.93. The fourth-order valence-corrected chi connectivity index (χ4v) is 4.83. The predicted octanol–water partition coefficient (Wildman–Crippen LogP) is 5.03. The number of halogens is 2. The normalized spacial score (nSPS) is 25.9. The van der Waals surface area contributed by atoms with Crippen molar-refractivity contribution in [2.75, 3.05) is 61.7 Å². The Morgan fingerprint density at radius 3 is 2.59 bits per heavy atom. The number of amides is 1. The van der Waals surface area contributed by atoms with Gasteiger partial charge in [0, 0.05) is 77.7 Å². The molecule has 0 saturated carbocycles. The number of benzene rings is 3. The number of hydrogen-bond acceptors (Lipinski definition) is 6.